The average Bonchev–Trinajstić information content (AvgIpc) is 3.18. The lowest BCUT2D eigenvalue weighted by atomic mass is 10.2. The van der Waals surface area contributed by atoms with E-state index in [0.717, 1.165) is 12.8 Å². The van der Waals surface area contributed by atoms with Crippen LogP contribution in [0.25, 0.3) is 0 Å². The van der Waals surface area contributed by atoms with Gasteiger partial charge in [-0.05, 0) is 31.9 Å². The predicted octanol–water partition coefficient (Wildman–Crippen LogP) is 2.40. The molecular formula is C13H14Cl2N2O3. The average molecular weight is 317 g/mol. The molecule has 0 heterocycles. The first kappa shape index (κ1) is 14.9. The molecule has 0 bridgehead atoms. The van der Waals surface area contributed by atoms with Gasteiger partial charge in [0.25, 0.3) is 5.91 Å². The maximum Gasteiger partial charge on any atom is 0.339 e. The molecule has 1 aromatic rings. The zero-order valence-corrected chi connectivity index (χ0v) is 12.3. The van der Waals surface area contributed by atoms with E-state index < -0.39 is 12.1 Å². The normalized spacial score (nSPS) is 15.6. The highest BCUT2D eigenvalue weighted by Crippen LogP contribution is 2.29. The van der Waals surface area contributed by atoms with E-state index in [1.165, 1.54) is 19.1 Å². The summed E-state index contributed by atoms with van der Waals surface area (Å²) in [5, 5.41) is 3.10. The molecule has 1 aromatic carbocycles. The molecule has 5 nitrogen and oxygen atoms in total. The van der Waals surface area contributed by atoms with Gasteiger partial charge in [0.2, 0.25) is 0 Å². The van der Waals surface area contributed by atoms with Crippen molar-refractivity contribution >= 4 is 40.8 Å². The number of nitrogens with one attached hydrogen (secondary N) is 1. The van der Waals surface area contributed by atoms with E-state index in [0.29, 0.717) is 0 Å². The number of hydrogen-bond donors (Lipinski definition) is 2. The number of benzene rings is 1. The maximum atomic E-state index is 11.9. The molecule has 0 aliphatic heterocycles. The van der Waals surface area contributed by atoms with Crippen LogP contribution in [0.4, 0.5) is 5.69 Å². The van der Waals surface area contributed by atoms with Crippen LogP contribution in [0.2, 0.25) is 10.0 Å². The quantitative estimate of drug-likeness (QED) is 0.660. The highest BCUT2D eigenvalue weighted by atomic mass is 35.5. The fourth-order valence-electron chi connectivity index (χ4n) is 1.56. The Morgan fingerprint density at radius 3 is 2.60 bits per heavy atom. The summed E-state index contributed by atoms with van der Waals surface area (Å²) in [6, 6.07) is 2.93. The summed E-state index contributed by atoms with van der Waals surface area (Å²) >= 11 is 11.6. The topological polar surface area (TPSA) is 81.4 Å². The van der Waals surface area contributed by atoms with E-state index in [-0.39, 0.29) is 33.2 Å². The van der Waals surface area contributed by atoms with E-state index in [1.807, 2.05) is 0 Å². The Bertz CT molecular complexity index is 536. The van der Waals surface area contributed by atoms with Crippen LogP contribution in [-0.2, 0) is 9.53 Å². The minimum atomic E-state index is -0.876. The van der Waals surface area contributed by atoms with Crippen LogP contribution in [0, 0.1) is 0 Å². The van der Waals surface area contributed by atoms with Gasteiger partial charge < -0.3 is 15.8 Å². The molecule has 7 heteroatoms. The number of rotatable bonds is 4. The van der Waals surface area contributed by atoms with Gasteiger partial charge in [0, 0.05) is 6.04 Å². The zero-order chi connectivity index (χ0) is 14.9. The van der Waals surface area contributed by atoms with E-state index in [9.17, 15) is 9.59 Å². The second kappa shape index (κ2) is 5.89. The summed E-state index contributed by atoms with van der Waals surface area (Å²) in [6.07, 6.45) is 1.06. The number of halogens is 2. The molecule has 0 saturated heterocycles. The molecule has 1 saturated carbocycles. The molecule has 0 aromatic heterocycles. The van der Waals surface area contributed by atoms with Crippen molar-refractivity contribution in [3.63, 3.8) is 0 Å². The summed E-state index contributed by atoms with van der Waals surface area (Å²) in [4.78, 5) is 23.6. The minimum Gasteiger partial charge on any atom is -0.449 e. The van der Waals surface area contributed by atoms with Crippen molar-refractivity contribution in [3.8, 4) is 0 Å². The lowest BCUT2D eigenvalue weighted by molar-refractivity contribution is -0.129. The Balaban J connectivity index is 2.01. The monoisotopic (exact) mass is 316 g/mol. The highest BCUT2D eigenvalue weighted by molar-refractivity contribution is 6.43. The first-order valence-electron chi connectivity index (χ1n) is 6.14. The fourth-order valence-corrected chi connectivity index (χ4v) is 1.89. The maximum absolute atomic E-state index is 11.9. The largest absolute Gasteiger partial charge is 0.449 e. The summed E-state index contributed by atoms with van der Waals surface area (Å²) in [5.74, 6) is -0.984. The van der Waals surface area contributed by atoms with Gasteiger partial charge in [0.15, 0.2) is 6.10 Å². The summed E-state index contributed by atoms with van der Waals surface area (Å²) in [6.45, 7) is 1.51. The summed E-state index contributed by atoms with van der Waals surface area (Å²) in [5.41, 5.74) is 5.96. The summed E-state index contributed by atoms with van der Waals surface area (Å²) < 4.78 is 5.07. The number of nitrogen functional groups attached to an aromatic ring is 1. The van der Waals surface area contributed by atoms with Crippen LogP contribution < -0.4 is 11.1 Å². The molecule has 0 radical (unpaired) electrons. The van der Waals surface area contributed by atoms with Gasteiger partial charge in [-0.1, -0.05) is 23.2 Å². The number of hydrogen-bond acceptors (Lipinski definition) is 4. The van der Waals surface area contributed by atoms with E-state index in [4.69, 9.17) is 33.7 Å². The molecule has 3 N–H and O–H groups in total. The number of carbonyl (C=O) groups excluding carboxylic acids is 2. The summed E-state index contributed by atoms with van der Waals surface area (Å²) in [7, 11) is 0. The number of esters is 1. The number of nitrogens with two attached hydrogens (primary N) is 1. The fraction of sp³-hybridized carbons (Fsp3) is 0.385. The Hall–Kier alpha value is -1.46. The molecule has 2 rings (SSSR count). The van der Waals surface area contributed by atoms with Crippen molar-refractivity contribution < 1.29 is 14.3 Å². The van der Waals surface area contributed by atoms with Gasteiger partial charge in [-0.3, -0.25) is 4.79 Å². The van der Waals surface area contributed by atoms with E-state index >= 15 is 0 Å². The van der Waals surface area contributed by atoms with Gasteiger partial charge in [-0.25, -0.2) is 4.79 Å². The van der Waals surface area contributed by atoms with E-state index in [1.54, 1.807) is 0 Å². The molecule has 108 valence electrons. The zero-order valence-electron chi connectivity index (χ0n) is 10.8. The van der Waals surface area contributed by atoms with Gasteiger partial charge in [-0.15, -0.1) is 0 Å². The van der Waals surface area contributed by atoms with Gasteiger partial charge in [0.05, 0.1) is 21.3 Å². The molecule has 0 spiro atoms. The molecule has 1 aliphatic rings. The first-order valence-corrected chi connectivity index (χ1v) is 6.90. The number of anilines is 1. The van der Waals surface area contributed by atoms with Gasteiger partial charge >= 0.3 is 5.97 Å². The SMILES string of the molecule is CC(OC(=O)c1cc(N)c(Cl)c(Cl)c1)C(=O)NC1CC1. The van der Waals surface area contributed by atoms with E-state index in [2.05, 4.69) is 5.32 Å². The lowest BCUT2D eigenvalue weighted by Crippen LogP contribution is -2.37. The second-order valence-corrected chi connectivity index (χ2v) is 5.48. The minimum absolute atomic E-state index is 0.156. The Labute approximate surface area is 126 Å². The molecule has 1 aliphatic carbocycles. The van der Waals surface area contributed by atoms with Crippen molar-refractivity contribution in [3.05, 3.63) is 27.7 Å². The first-order chi connectivity index (χ1) is 9.38. The van der Waals surface area contributed by atoms with Crippen molar-refractivity contribution in [2.24, 2.45) is 0 Å². The van der Waals surface area contributed by atoms with Gasteiger partial charge in [0.1, 0.15) is 0 Å². The van der Waals surface area contributed by atoms with Crippen LogP contribution >= 0.6 is 23.2 Å². The van der Waals surface area contributed by atoms with Crippen LogP contribution in [-0.4, -0.2) is 24.0 Å². The molecular weight excluding hydrogens is 303 g/mol. The van der Waals surface area contributed by atoms with Gasteiger partial charge in [-0.2, -0.15) is 0 Å². The van der Waals surface area contributed by atoms with Crippen molar-refractivity contribution in [2.45, 2.75) is 31.9 Å². The van der Waals surface area contributed by atoms with Crippen molar-refractivity contribution in [1.29, 1.82) is 0 Å². The predicted molar refractivity (Wildman–Crippen MR) is 76.9 cm³/mol. The Morgan fingerprint density at radius 1 is 1.40 bits per heavy atom. The van der Waals surface area contributed by atoms with Crippen LogP contribution in [0.1, 0.15) is 30.1 Å². The smallest absolute Gasteiger partial charge is 0.339 e. The molecule has 1 unspecified atom stereocenters. The van der Waals surface area contributed by atoms with Crippen LogP contribution in [0.15, 0.2) is 12.1 Å². The molecule has 1 amide bonds. The Kier molecular flexibility index (Phi) is 4.40. The van der Waals surface area contributed by atoms with Crippen LogP contribution in [0.3, 0.4) is 0 Å². The third-order valence-electron chi connectivity index (χ3n) is 2.87. The molecule has 1 atom stereocenters. The third kappa shape index (κ3) is 3.55. The second-order valence-electron chi connectivity index (χ2n) is 4.69. The lowest BCUT2D eigenvalue weighted by Gasteiger charge is -2.13. The number of amides is 1. The highest BCUT2D eigenvalue weighted by Gasteiger charge is 2.27. The number of ether oxygens (including phenoxy) is 1. The Morgan fingerprint density at radius 2 is 2.05 bits per heavy atom. The number of carbonyl (C=O) groups is 2. The van der Waals surface area contributed by atoms with Crippen molar-refractivity contribution in [2.75, 3.05) is 5.73 Å². The molecule has 20 heavy (non-hydrogen) atoms. The van der Waals surface area contributed by atoms with Crippen LogP contribution in [0.5, 0.6) is 0 Å². The third-order valence-corrected chi connectivity index (χ3v) is 3.69. The van der Waals surface area contributed by atoms with Crippen molar-refractivity contribution in [1.82, 2.24) is 5.32 Å². The standard InChI is InChI=1S/C13H14Cl2N2O3/c1-6(12(18)17-8-2-3-8)20-13(19)7-4-9(14)11(15)10(16)5-7/h4-6,8H,2-3,16H2,1H3,(H,17,18). The molecule has 1 fully saturated rings.